The summed E-state index contributed by atoms with van der Waals surface area (Å²) in [7, 11) is 0. The summed E-state index contributed by atoms with van der Waals surface area (Å²) in [4.78, 5) is 24.4. The van der Waals surface area contributed by atoms with Gasteiger partial charge in [-0.2, -0.15) is 26.3 Å². The lowest BCUT2D eigenvalue weighted by molar-refractivity contribution is -0.164. The molecule has 0 aliphatic heterocycles. The van der Waals surface area contributed by atoms with Gasteiger partial charge in [0.05, 0.1) is 0 Å². The number of aryl methyl sites for hydroxylation is 2. The SMILES string of the molecule is CCc1ccc(/C=C/C(=O)Oc2ccc(OC(=O)/C=C/c3ccc(CC)cc3)c(C(F)(F)F)c2C(F)(F)F)cc1. The highest BCUT2D eigenvalue weighted by atomic mass is 19.4. The van der Waals surface area contributed by atoms with E-state index in [1.165, 1.54) is 12.2 Å². The maximum atomic E-state index is 13.9. The molecule has 3 aromatic rings. The van der Waals surface area contributed by atoms with Crippen LogP contribution < -0.4 is 9.47 Å². The Balaban J connectivity index is 1.90. The molecule has 0 aliphatic rings. The topological polar surface area (TPSA) is 52.6 Å². The Hall–Kier alpha value is -4.34. The minimum absolute atomic E-state index is 0.496. The molecule has 4 nitrogen and oxygen atoms in total. The van der Waals surface area contributed by atoms with Crippen LogP contribution in [-0.4, -0.2) is 11.9 Å². The van der Waals surface area contributed by atoms with Crippen LogP contribution in [0.3, 0.4) is 0 Å². The van der Waals surface area contributed by atoms with Crippen molar-refractivity contribution >= 4 is 24.1 Å². The smallest absolute Gasteiger partial charge is 0.420 e. The molecular weight excluding hydrogens is 538 g/mol. The molecule has 0 unspecified atom stereocenters. The predicted octanol–water partition coefficient (Wildman–Crippen LogP) is 8.09. The average Bonchev–Trinajstić information content (AvgIpc) is 2.90. The van der Waals surface area contributed by atoms with Gasteiger partial charge in [0.1, 0.15) is 22.6 Å². The van der Waals surface area contributed by atoms with E-state index in [0.29, 0.717) is 23.3 Å². The summed E-state index contributed by atoms with van der Waals surface area (Å²) in [5, 5.41) is 0. The number of rotatable bonds is 8. The van der Waals surface area contributed by atoms with Crippen molar-refractivity contribution in [2.24, 2.45) is 0 Å². The van der Waals surface area contributed by atoms with E-state index >= 15 is 0 Å². The molecule has 0 N–H and O–H groups in total. The highest BCUT2D eigenvalue weighted by molar-refractivity contribution is 5.90. The molecule has 0 atom stereocenters. The third kappa shape index (κ3) is 8.08. The van der Waals surface area contributed by atoms with E-state index < -0.39 is 46.9 Å². The fraction of sp³-hybridized carbons (Fsp3) is 0.200. The highest BCUT2D eigenvalue weighted by Gasteiger charge is 2.48. The van der Waals surface area contributed by atoms with Crippen molar-refractivity contribution in [2.75, 3.05) is 0 Å². The summed E-state index contributed by atoms with van der Waals surface area (Å²) in [6.07, 6.45) is -5.61. The molecule has 0 aromatic heterocycles. The number of hydrogen-bond donors (Lipinski definition) is 0. The Morgan fingerprint density at radius 1 is 0.600 bits per heavy atom. The lowest BCUT2D eigenvalue weighted by Gasteiger charge is -2.21. The van der Waals surface area contributed by atoms with E-state index in [9.17, 15) is 35.9 Å². The minimum atomic E-state index is -5.61. The first kappa shape index (κ1) is 30.2. The van der Waals surface area contributed by atoms with Gasteiger partial charge in [0.25, 0.3) is 0 Å². The number of esters is 2. The number of alkyl halides is 6. The fourth-order valence-electron chi connectivity index (χ4n) is 3.64. The zero-order valence-electron chi connectivity index (χ0n) is 21.4. The monoisotopic (exact) mass is 562 g/mol. The maximum absolute atomic E-state index is 13.9. The Morgan fingerprint density at radius 2 is 0.925 bits per heavy atom. The Kier molecular flexibility index (Phi) is 9.57. The molecule has 0 heterocycles. The summed E-state index contributed by atoms with van der Waals surface area (Å²) in [5.41, 5.74) is -1.51. The van der Waals surface area contributed by atoms with Gasteiger partial charge in [-0.05, 0) is 59.4 Å². The molecule has 0 aliphatic carbocycles. The van der Waals surface area contributed by atoms with Crippen molar-refractivity contribution in [3.8, 4) is 11.5 Å². The Bertz CT molecular complexity index is 1290. The van der Waals surface area contributed by atoms with Gasteiger partial charge in [0.2, 0.25) is 0 Å². The Labute approximate surface area is 226 Å². The highest BCUT2D eigenvalue weighted by Crippen LogP contribution is 2.49. The first-order valence-corrected chi connectivity index (χ1v) is 12.1. The van der Waals surface area contributed by atoms with Gasteiger partial charge in [0, 0.05) is 12.2 Å². The first-order valence-electron chi connectivity index (χ1n) is 12.1. The molecule has 0 amide bonds. The van der Waals surface area contributed by atoms with Gasteiger partial charge >= 0.3 is 24.3 Å². The van der Waals surface area contributed by atoms with E-state index in [0.717, 1.165) is 36.1 Å². The lowest BCUT2D eigenvalue weighted by Crippen LogP contribution is -2.21. The number of carbonyl (C=O) groups excluding carboxylic acids is 2. The van der Waals surface area contributed by atoms with Gasteiger partial charge in [-0.15, -0.1) is 0 Å². The molecule has 0 spiro atoms. The van der Waals surface area contributed by atoms with Gasteiger partial charge < -0.3 is 9.47 Å². The third-order valence-corrected chi connectivity index (χ3v) is 5.72. The summed E-state index contributed by atoms with van der Waals surface area (Å²) in [6, 6.07) is 14.7. The number of halogens is 6. The molecular formula is C30H24F6O4. The molecule has 40 heavy (non-hydrogen) atoms. The van der Waals surface area contributed by atoms with Crippen LogP contribution in [0.4, 0.5) is 26.3 Å². The van der Waals surface area contributed by atoms with Crippen LogP contribution >= 0.6 is 0 Å². The maximum Gasteiger partial charge on any atom is 0.420 e. The standard InChI is InChI=1S/C30H24F6O4/c1-3-19-5-9-21(10-6-19)13-17-25(37)39-23-15-16-24(28(30(34,35)36)27(23)29(31,32)33)40-26(38)18-14-22-11-7-20(4-2)8-12-22/h5-18H,3-4H2,1-2H3/b17-13+,18-14+. The molecule has 0 bridgehead atoms. The number of ether oxygens (including phenoxy) is 2. The molecule has 0 saturated heterocycles. The van der Waals surface area contributed by atoms with Gasteiger partial charge in [-0.3, -0.25) is 0 Å². The largest absolute Gasteiger partial charge is 0.423 e. The zero-order chi connectivity index (χ0) is 29.5. The van der Waals surface area contributed by atoms with Crippen molar-refractivity contribution in [1.82, 2.24) is 0 Å². The van der Waals surface area contributed by atoms with E-state index in [-0.39, 0.29) is 0 Å². The summed E-state index contributed by atoms with van der Waals surface area (Å²) < 4.78 is 92.7. The van der Waals surface area contributed by atoms with Crippen molar-refractivity contribution in [2.45, 2.75) is 39.0 Å². The molecule has 0 radical (unpaired) electrons. The Morgan fingerprint density at radius 3 is 1.20 bits per heavy atom. The molecule has 210 valence electrons. The lowest BCUT2D eigenvalue weighted by atomic mass is 10.0. The van der Waals surface area contributed by atoms with Crippen LogP contribution in [0.1, 0.15) is 47.2 Å². The van der Waals surface area contributed by atoms with E-state index in [2.05, 4.69) is 9.47 Å². The number of hydrogen-bond acceptors (Lipinski definition) is 4. The molecule has 0 fully saturated rings. The second-order valence-electron chi connectivity index (χ2n) is 8.51. The number of benzene rings is 3. The predicted molar refractivity (Wildman–Crippen MR) is 137 cm³/mol. The van der Waals surface area contributed by atoms with Crippen molar-refractivity contribution in [3.63, 3.8) is 0 Å². The quantitative estimate of drug-likeness (QED) is 0.121. The van der Waals surface area contributed by atoms with Crippen LogP contribution in [0, 0.1) is 0 Å². The summed E-state index contributed by atoms with van der Waals surface area (Å²) in [6.45, 7) is 3.87. The molecule has 3 aromatic carbocycles. The van der Waals surface area contributed by atoms with E-state index in [1.54, 1.807) is 48.5 Å². The fourth-order valence-corrected chi connectivity index (χ4v) is 3.64. The molecule has 3 rings (SSSR count). The molecule has 10 heteroatoms. The van der Waals surface area contributed by atoms with Crippen LogP contribution in [0.5, 0.6) is 11.5 Å². The molecule has 0 saturated carbocycles. The second kappa shape index (κ2) is 12.7. The first-order chi connectivity index (χ1) is 18.8. The van der Waals surface area contributed by atoms with Crippen molar-refractivity contribution in [3.05, 3.63) is 106 Å². The van der Waals surface area contributed by atoms with Crippen LogP contribution in [0.25, 0.3) is 12.2 Å². The van der Waals surface area contributed by atoms with E-state index in [4.69, 9.17) is 0 Å². The third-order valence-electron chi connectivity index (χ3n) is 5.72. The van der Waals surface area contributed by atoms with Gasteiger partial charge in [-0.1, -0.05) is 62.4 Å². The second-order valence-corrected chi connectivity index (χ2v) is 8.51. The van der Waals surface area contributed by atoms with Crippen LogP contribution in [0.15, 0.2) is 72.8 Å². The normalized spacial score (nSPS) is 12.2. The van der Waals surface area contributed by atoms with Crippen LogP contribution in [0.2, 0.25) is 0 Å². The summed E-state index contributed by atoms with van der Waals surface area (Å²) >= 11 is 0. The van der Waals surface area contributed by atoms with Gasteiger partial charge in [-0.25, -0.2) is 9.59 Å². The van der Waals surface area contributed by atoms with Crippen LogP contribution in [-0.2, 0) is 34.8 Å². The number of carbonyl (C=O) groups is 2. The van der Waals surface area contributed by atoms with Gasteiger partial charge in [0.15, 0.2) is 0 Å². The van der Waals surface area contributed by atoms with Crippen molar-refractivity contribution < 1.29 is 45.4 Å². The zero-order valence-corrected chi connectivity index (χ0v) is 21.4. The minimum Gasteiger partial charge on any atom is -0.423 e. The average molecular weight is 563 g/mol. The van der Waals surface area contributed by atoms with E-state index in [1.807, 2.05) is 13.8 Å². The van der Waals surface area contributed by atoms with Crippen molar-refractivity contribution in [1.29, 1.82) is 0 Å². The summed E-state index contributed by atoms with van der Waals surface area (Å²) in [5.74, 6) is -5.44.